The Morgan fingerprint density at radius 3 is 2.74 bits per heavy atom. The van der Waals surface area contributed by atoms with Crippen LogP contribution in [0.2, 0.25) is 0 Å². The maximum Gasteiger partial charge on any atom is 0.257 e. The van der Waals surface area contributed by atoms with Crippen molar-refractivity contribution in [3.8, 4) is 5.69 Å². The number of halogens is 1. The van der Waals surface area contributed by atoms with E-state index in [1.807, 2.05) is 18.7 Å². The maximum atomic E-state index is 13.2. The van der Waals surface area contributed by atoms with Gasteiger partial charge >= 0.3 is 0 Å². The summed E-state index contributed by atoms with van der Waals surface area (Å²) >= 11 is 0. The van der Waals surface area contributed by atoms with Crippen LogP contribution < -0.4 is 0 Å². The Morgan fingerprint density at radius 2 is 2.04 bits per heavy atom. The van der Waals surface area contributed by atoms with Crippen molar-refractivity contribution >= 4 is 5.91 Å². The molecular formula is C19H20FN5O2. The molecule has 1 aromatic carbocycles. The third kappa shape index (κ3) is 3.22. The van der Waals surface area contributed by atoms with Gasteiger partial charge in [0.05, 0.1) is 22.6 Å². The van der Waals surface area contributed by atoms with Crippen LogP contribution in [0.4, 0.5) is 4.39 Å². The van der Waals surface area contributed by atoms with Crippen LogP contribution in [0.5, 0.6) is 0 Å². The molecular weight excluding hydrogens is 349 g/mol. The minimum absolute atomic E-state index is 0.0495. The molecule has 3 aromatic rings. The number of nitrogens with zero attached hydrogens (tertiary/aromatic N) is 5. The zero-order valence-electron chi connectivity index (χ0n) is 15.2. The van der Waals surface area contributed by atoms with Crippen molar-refractivity contribution in [1.29, 1.82) is 0 Å². The van der Waals surface area contributed by atoms with Crippen molar-refractivity contribution in [2.75, 3.05) is 13.1 Å². The first-order valence-corrected chi connectivity index (χ1v) is 8.92. The highest BCUT2D eigenvalue weighted by molar-refractivity contribution is 5.96. The molecule has 1 atom stereocenters. The molecule has 0 radical (unpaired) electrons. The molecule has 1 saturated heterocycles. The van der Waals surface area contributed by atoms with Gasteiger partial charge in [0.1, 0.15) is 5.82 Å². The average molecular weight is 369 g/mol. The molecule has 4 rings (SSSR count). The van der Waals surface area contributed by atoms with E-state index in [0.29, 0.717) is 30.2 Å². The van der Waals surface area contributed by atoms with Crippen LogP contribution in [0.15, 0.2) is 35.2 Å². The van der Waals surface area contributed by atoms with Gasteiger partial charge in [0.15, 0.2) is 5.82 Å². The molecule has 1 aliphatic heterocycles. The monoisotopic (exact) mass is 369 g/mol. The van der Waals surface area contributed by atoms with Crippen molar-refractivity contribution in [1.82, 2.24) is 24.8 Å². The van der Waals surface area contributed by atoms with Gasteiger partial charge in [-0.05, 0) is 51.0 Å². The average Bonchev–Trinajstić information content (AvgIpc) is 3.31. The predicted molar refractivity (Wildman–Crippen MR) is 95.2 cm³/mol. The molecule has 0 spiro atoms. The van der Waals surface area contributed by atoms with E-state index < -0.39 is 0 Å². The summed E-state index contributed by atoms with van der Waals surface area (Å²) in [4.78, 5) is 19.2. The number of benzene rings is 1. The molecule has 1 aliphatic rings. The molecule has 1 fully saturated rings. The molecule has 27 heavy (non-hydrogen) atoms. The Hall–Kier alpha value is -3.03. The molecule has 7 nitrogen and oxygen atoms in total. The predicted octanol–water partition coefficient (Wildman–Crippen LogP) is 3.03. The molecule has 0 N–H and O–H groups in total. The van der Waals surface area contributed by atoms with Crippen LogP contribution in [0.1, 0.15) is 46.3 Å². The third-order valence-electron chi connectivity index (χ3n) is 5.03. The maximum absolute atomic E-state index is 13.2. The summed E-state index contributed by atoms with van der Waals surface area (Å²) in [5.41, 5.74) is 2.71. The molecule has 0 unspecified atom stereocenters. The van der Waals surface area contributed by atoms with Crippen LogP contribution in [0.25, 0.3) is 5.69 Å². The van der Waals surface area contributed by atoms with Gasteiger partial charge in [0, 0.05) is 19.0 Å². The van der Waals surface area contributed by atoms with E-state index in [1.54, 1.807) is 16.8 Å². The number of hydrogen-bond acceptors (Lipinski definition) is 5. The minimum atomic E-state index is -0.308. The second kappa shape index (κ2) is 6.94. The quantitative estimate of drug-likeness (QED) is 0.709. The number of likely N-dealkylation sites (tertiary alicyclic amines) is 1. The minimum Gasteiger partial charge on any atom is -0.343 e. The molecule has 1 amide bonds. The first-order chi connectivity index (χ1) is 13.0. The van der Waals surface area contributed by atoms with Crippen molar-refractivity contribution in [3.63, 3.8) is 0 Å². The lowest BCUT2D eigenvalue weighted by Crippen LogP contribution is -2.39. The zero-order chi connectivity index (χ0) is 19.0. The van der Waals surface area contributed by atoms with Gasteiger partial charge < -0.3 is 9.42 Å². The Morgan fingerprint density at radius 1 is 1.26 bits per heavy atom. The number of carbonyl (C=O) groups is 1. The molecule has 8 heteroatoms. The standard InChI is InChI=1S/C19H20FN5O2/c1-12-17(13(2)25(22-12)16-7-5-15(20)6-8-16)19(26)24-9-3-4-14(10-24)18-21-11-27-23-18/h5-8,11,14H,3-4,9-10H2,1-2H3/t14-/m0/s1. The van der Waals surface area contributed by atoms with E-state index in [-0.39, 0.29) is 17.6 Å². The lowest BCUT2D eigenvalue weighted by Gasteiger charge is -2.31. The number of piperidine rings is 1. The zero-order valence-corrected chi connectivity index (χ0v) is 15.2. The topological polar surface area (TPSA) is 77.0 Å². The van der Waals surface area contributed by atoms with Gasteiger partial charge in [-0.25, -0.2) is 9.07 Å². The fourth-order valence-corrected chi connectivity index (χ4v) is 3.68. The van der Waals surface area contributed by atoms with Crippen LogP contribution in [0.3, 0.4) is 0 Å². The van der Waals surface area contributed by atoms with Crippen molar-refractivity contribution in [2.45, 2.75) is 32.6 Å². The Kier molecular flexibility index (Phi) is 4.47. The normalized spacial score (nSPS) is 17.3. The second-order valence-corrected chi connectivity index (χ2v) is 6.81. The lowest BCUT2D eigenvalue weighted by atomic mass is 9.96. The molecule has 0 aliphatic carbocycles. The van der Waals surface area contributed by atoms with Crippen LogP contribution in [-0.2, 0) is 0 Å². The van der Waals surface area contributed by atoms with Crippen LogP contribution >= 0.6 is 0 Å². The first-order valence-electron chi connectivity index (χ1n) is 8.92. The summed E-state index contributed by atoms with van der Waals surface area (Å²) in [5, 5.41) is 8.42. The fraction of sp³-hybridized carbons (Fsp3) is 0.368. The number of carbonyl (C=O) groups excluding carboxylic acids is 1. The molecule has 2 aromatic heterocycles. The van der Waals surface area contributed by atoms with Crippen molar-refractivity contribution < 1.29 is 13.7 Å². The van der Waals surface area contributed by atoms with Crippen molar-refractivity contribution in [3.05, 3.63) is 59.3 Å². The summed E-state index contributed by atoms with van der Waals surface area (Å²) in [6.07, 6.45) is 3.13. The van der Waals surface area contributed by atoms with E-state index in [9.17, 15) is 9.18 Å². The van der Waals surface area contributed by atoms with E-state index >= 15 is 0 Å². The molecule has 0 saturated carbocycles. The summed E-state index contributed by atoms with van der Waals surface area (Å²) in [7, 11) is 0. The highest BCUT2D eigenvalue weighted by Crippen LogP contribution is 2.27. The number of amides is 1. The smallest absolute Gasteiger partial charge is 0.257 e. The SMILES string of the molecule is Cc1nn(-c2ccc(F)cc2)c(C)c1C(=O)N1CCC[C@H](c2ncon2)C1. The van der Waals surface area contributed by atoms with Crippen LogP contribution in [0, 0.1) is 19.7 Å². The molecule has 0 bridgehead atoms. The number of aromatic nitrogens is 4. The van der Waals surface area contributed by atoms with Gasteiger partial charge in [-0.2, -0.15) is 10.1 Å². The fourth-order valence-electron chi connectivity index (χ4n) is 3.68. The van der Waals surface area contributed by atoms with E-state index in [2.05, 4.69) is 15.2 Å². The third-order valence-corrected chi connectivity index (χ3v) is 5.03. The van der Waals surface area contributed by atoms with E-state index in [4.69, 9.17) is 4.52 Å². The van der Waals surface area contributed by atoms with Gasteiger partial charge in [0.25, 0.3) is 5.91 Å². The highest BCUT2D eigenvalue weighted by atomic mass is 19.1. The largest absolute Gasteiger partial charge is 0.343 e. The van der Waals surface area contributed by atoms with Gasteiger partial charge in [0.2, 0.25) is 6.39 Å². The van der Waals surface area contributed by atoms with Gasteiger partial charge in [-0.1, -0.05) is 5.16 Å². The highest BCUT2D eigenvalue weighted by Gasteiger charge is 2.30. The van der Waals surface area contributed by atoms with Crippen LogP contribution in [-0.4, -0.2) is 43.8 Å². The Bertz CT molecular complexity index is 949. The molecule has 140 valence electrons. The van der Waals surface area contributed by atoms with Crippen molar-refractivity contribution in [2.24, 2.45) is 0 Å². The lowest BCUT2D eigenvalue weighted by molar-refractivity contribution is 0.0702. The number of hydrogen-bond donors (Lipinski definition) is 0. The van der Waals surface area contributed by atoms with E-state index in [0.717, 1.165) is 24.2 Å². The number of rotatable bonds is 3. The van der Waals surface area contributed by atoms with Gasteiger partial charge in [-0.15, -0.1) is 0 Å². The number of aryl methyl sites for hydroxylation is 1. The summed E-state index contributed by atoms with van der Waals surface area (Å²) in [6, 6.07) is 6.06. The Labute approximate surface area is 155 Å². The summed E-state index contributed by atoms with van der Waals surface area (Å²) in [5.74, 6) is 0.362. The molecule has 3 heterocycles. The second-order valence-electron chi connectivity index (χ2n) is 6.81. The Balaban J connectivity index is 1.61. The summed E-state index contributed by atoms with van der Waals surface area (Å²) in [6.45, 7) is 4.92. The van der Waals surface area contributed by atoms with E-state index in [1.165, 1.54) is 18.5 Å². The summed E-state index contributed by atoms with van der Waals surface area (Å²) < 4.78 is 19.7. The first kappa shape index (κ1) is 17.4. The van der Waals surface area contributed by atoms with Gasteiger partial charge in [-0.3, -0.25) is 4.79 Å².